The summed E-state index contributed by atoms with van der Waals surface area (Å²) in [7, 11) is 3.11. The number of benzene rings is 2. The van der Waals surface area contributed by atoms with E-state index < -0.39 is 0 Å². The fourth-order valence-electron chi connectivity index (χ4n) is 3.04. The highest BCUT2D eigenvalue weighted by Crippen LogP contribution is 2.32. The van der Waals surface area contributed by atoms with E-state index in [1.807, 2.05) is 6.07 Å². The summed E-state index contributed by atoms with van der Waals surface area (Å²) < 4.78 is 12.1. The van der Waals surface area contributed by atoms with Gasteiger partial charge in [0.1, 0.15) is 23.7 Å². The number of amides is 2. The normalized spacial score (nSPS) is 12.9. The summed E-state index contributed by atoms with van der Waals surface area (Å²) in [6.07, 6.45) is 0. The zero-order valence-corrected chi connectivity index (χ0v) is 17.0. The number of ether oxygens (including phenoxy) is 2. The molecule has 0 bridgehead atoms. The third-order valence-corrected chi connectivity index (χ3v) is 5.36. The molecule has 0 saturated heterocycles. The molecule has 1 aliphatic heterocycles. The number of fused-ring (bicyclic) bond motifs is 1. The number of aromatic nitrogens is 4. The van der Waals surface area contributed by atoms with Crippen molar-refractivity contribution in [3.8, 4) is 17.2 Å². The van der Waals surface area contributed by atoms with Gasteiger partial charge < -0.3 is 19.7 Å². The van der Waals surface area contributed by atoms with E-state index in [4.69, 9.17) is 9.47 Å². The molecule has 1 N–H and O–H groups in total. The molecule has 154 valence electrons. The van der Waals surface area contributed by atoms with Crippen molar-refractivity contribution in [2.45, 2.75) is 5.16 Å². The lowest BCUT2D eigenvalue weighted by atomic mass is 10.2. The number of nitrogens with zero attached hydrogens (tertiary/aromatic N) is 5. The van der Waals surface area contributed by atoms with E-state index in [0.29, 0.717) is 33.7 Å². The molecule has 2 heterocycles. The molecule has 2 amide bonds. The van der Waals surface area contributed by atoms with Crippen molar-refractivity contribution in [1.82, 2.24) is 20.2 Å². The minimum absolute atomic E-state index is 0.0367. The van der Waals surface area contributed by atoms with Crippen LogP contribution >= 0.6 is 11.8 Å². The molecule has 1 aliphatic rings. The second-order valence-corrected chi connectivity index (χ2v) is 7.19. The molecular weight excluding hydrogens is 408 g/mol. The van der Waals surface area contributed by atoms with Crippen LogP contribution in [0.15, 0.2) is 47.6 Å². The van der Waals surface area contributed by atoms with Crippen molar-refractivity contribution in [2.75, 3.05) is 36.7 Å². The summed E-state index contributed by atoms with van der Waals surface area (Å²) in [5, 5.41) is 14.9. The maximum absolute atomic E-state index is 12.9. The molecule has 2 aromatic carbocycles. The number of tetrazole rings is 1. The lowest BCUT2D eigenvalue weighted by molar-refractivity contribution is -0.120. The average Bonchev–Trinajstić information content (AvgIpc) is 3.24. The van der Waals surface area contributed by atoms with E-state index in [1.54, 1.807) is 50.6 Å². The smallest absolute Gasteiger partial charge is 0.244 e. The highest BCUT2D eigenvalue weighted by Gasteiger charge is 2.27. The van der Waals surface area contributed by atoms with Gasteiger partial charge in [0.05, 0.1) is 31.3 Å². The molecule has 11 heteroatoms. The van der Waals surface area contributed by atoms with Crippen LogP contribution in [-0.2, 0) is 9.59 Å². The lowest BCUT2D eigenvalue weighted by Gasteiger charge is -2.28. The van der Waals surface area contributed by atoms with Gasteiger partial charge in [0.2, 0.25) is 17.0 Å². The maximum atomic E-state index is 12.9. The molecule has 0 atom stereocenters. The zero-order chi connectivity index (χ0) is 21.1. The van der Waals surface area contributed by atoms with Gasteiger partial charge in [-0.3, -0.25) is 9.59 Å². The van der Waals surface area contributed by atoms with Gasteiger partial charge in [-0.15, -0.1) is 5.10 Å². The Morgan fingerprint density at radius 1 is 1.17 bits per heavy atom. The summed E-state index contributed by atoms with van der Waals surface area (Å²) >= 11 is 1.17. The predicted molar refractivity (Wildman–Crippen MR) is 110 cm³/mol. The van der Waals surface area contributed by atoms with Gasteiger partial charge in [-0.25, -0.2) is 0 Å². The SMILES string of the molecule is COc1ccc(OC)c(-n2nnnc2SCC(=O)N2CC(=O)Nc3ccccc32)c1. The van der Waals surface area contributed by atoms with E-state index in [0.717, 1.165) is 0 Å². The minimum atomic E-state index is -0.238. The standard InChI is InChI=1S/C19H18N6O4S/c1-28-12-7-8-16(29-2)15(9-12)25-19(21-22-23-25)30-11-18(27)24-10-17(26)20-13-5-3-4-6-14(13)24/h3-9H,10-11H2,1-2H3,(H,20,26). The van der Waals surface area contributed by atoms with E-state index in [2.05, 4.69) is 20.8 Å². The Balaban J connectivity index is 1.55. The molecule has 1 aromatic heterocycles. The number of hydrogen-bond acceptors (Lipinski definition) is 8. The molecule has 3 aromatic rings. The molecule has 10 nitrogen and oxygen atoms in total. The number of carbonyl (C=O) groups excluding carboxylic acids is 2. The molecule has 30 heavy (non-hydrogen) atoms. The Hall–Kier alpha value is -3.60. The number of methoxy groups -OCH3 is 2. The Labute approximate surface area is 176 Å². The van der Waals surface area contributed by atoms with E-state index in [9.17, 15) is 9.59 Å². The number of anilines is 2. The van der Waals surface area contributed by atoms with Crippen molar-refractivity contribution in [3.63, 3.8) is 0 Å². The van der Waals surface area contributed by atoms with Crippen LogP contribution in [0.25, 0.3) is 5.69 Å². The molecule has 0 aliphatic carbocycles. The number of hydrogen-bond donors (Lipinski definition) is 1. The van der Waals surface area contributed by atoms with Crippen LogP contribution in [0.4, 0.5) is 11.4 Å². The van der Waals surface area contributed by atoms with Crippen LogP contribution in [0, 0.1) is 0 Å². The predicted octanol–water partition coefficient (Wildman–Crippen LogP) is 1.76. The molecule has 0 spiro atoms. The van der Waals surface area contributed by atoms with Crippen LogP contribution in [0.1, 0.15) is 0 Å². The topological polar surface area (TPSA) is 111 Å². The summed E-state index contributed by atoms with van der Waals surface area (Å²) in [6, 6.07) is 12.4. The Bertz CT molecular complexity index is 1100. The zero-order valence-electron chi connectivity index (χ0n) is 16.2. The number of para-hydroxylation sites is 2. The monoisotopic (exact) mass is 426 g/mol. The van der Waals surface area contributed by atoms with Crippen molar-refractivity contribution < 1.29 is 19.1 Å². The van der Waals surface area contributed by atoms with Crippen molar-refractivity contribution in [3.05, 3.63) is 42.5 Å². The first kappa shape index (κ1) is 19.7. The quantitative estimate of drug-likeness (QED) is 0.594. The van der Waals surface area contributed by atoms with Crippen LogP contribution < -0.4 is 19.7 Å². The number of rotatable bonds is 6. The fraction of sp³-hybridized carbons (Fsp3) is 0.211. The van der Waals surface area contributed by atoms with Gasteiger partial charge in [0, 0.05) is 6.07 Å². The highest BCUT2D eigenvalue weighted by atomic mass is 32.2. The first-order valence-corrected chi connectivity index (χ1v) is 9.92. The van der Waals surface area contributed by atoms with Crippen LogP contribution in [0.3, 0.4) is 0 Å². The van der Waals surface area contributed by atoms with Crippen molar-refractivity contribution >= 4 is 35.0 Å². The van der Waals surface area contributed by atoms with Gasteiger partial charge in [0.15, 0.2) is 0 Å². The third-order valence-electron chi connectivity index (χ3n) is 4.45. The van der Waals surface area contributed by atoms with Crippen LogP contribution in [0.5, 0.6) is 11.5 Å². The van der Waals surface area contributed by atoms with Crippen molar-refractivity contribution in [2.24, 2.45) is 0 Å². The molecule has 0 radical (unpaired) electrons. The largest absolute Gasteiger partial charge is 0.497 e. The second kappa shape index (κ2) is 8.41. The Kier molecular flexibility index (Phi) is 5.53. The molecule has 0 unspecified atom stereocenters. The minimum Gasteiger partial charge on any atom is -0.497 e. The van der Waals surface area contributed by atoms with Gasteiger partial charge in [-0.2, -0.15) is 4.68 Å². The Morgan fingerprint density at radius 2 is 2.00 bits per heavy atom. The van der Waals surface area contributed by atoms with Gasteiger partial charge in [-0.05, 0) is 34.7 Å². The summed E-state index contributed by atoms with van der Waals surface area (Å²) in [4.78, 5) is 26.3. The number of nitrogens with one attached hydrogen (secondary N) is 1. The first-order valence-electron chi connectivity index (χ1n) is 8.93. The molecular formula is C19H18N6O4S. The Morgan fingerprint density at radius 3 is 2.80 bits per heavy atom. The maximum Gasteiger partial charge on any atom is 0.244 e. The van der Waals surface area contributed by atoms with Crippen molar-refractivity contribution in [1.29, 1.82) is 0 Å². The summed E-state index contributed by atoms with van der Waals surface area (Å²) in [5.74, 6) is 0.753. The number of carbonyl (C=O) groups is 2. The molecule has 0 saturated carbocycles. The van der Waals surface area contributed by atoms with Gasteiger partial charge >= 0.3 is 0 Å². The lowest BCUT2D eigenvalue weighted by Crippen LogP contribution is -2.43. The molecule has 0 fully saturated rings. The van der Waals surface area contributed by atoms with E-state index in [-0.39, 0.29) is 24.1 Å². The second-order valence-electron chi connectivity index (χ2n) is 6.24. The number of thioether (sulfide) groups is 1. The van der Waals surface area contributed by atoms with Crippen LogP contribution in [-0.4, -0.2) is 58.5 Å². The average molecular weight is 426 g/mol. The van der Waals surface area contributed by atoms with Crippen LogP contribution in [0.2, 0.25) is 0 Å². The van der Waals surface area contributed by atoms with E-state index >= 15 is 0 Å². The fourth-order valence-corrected chi connectivity index (χ4v) is 3.80. The highest BCUT2D eigenvalue weighted by molar-refractivity contribution is 7.99. The summed E-state index contributed by atoms with van der Waals surface area (Å²) in [5.41, 5.74) is 1.86. The summed E-state index contributed by atoms with van der Waals surface area (Å²) in [6.45, 7) is -0.0367. The van der Waals surface area contributed by atoms with E-state index in [1.165, 1.54) is 21.3 Å². The van der Waals surface area contributed by atoms with Gasteiger partial charge in [-0.1, -0.05) is 23.9 Å². The molecule has 4 rings (SSSR count). The third kappa shape index (κ3) is 3.79. The van der Waals surface area contributed by atoms with Gasteiger partial charge in [0.25, 0.3) is 0 Å². The first-order chi connectivity index (χ1) is 14.6.